The summed E-state index contributed by atoms with van der Waals surface area (Å²) in [5.41, 5.74) is -0.767. The van der Waals surface area contributed by atoms with Gasteiger partial charge in [0, 0.05) is 6.54 Å². The molecule has 4 nitrogen and oxygen atoms in total. The molecule has 1 heterocycles. The van der Waals surface area contributed by atoms with E-state index in [0.717, 1.165) is 13.0 Å². The first-order valence-corrected chi connectivity index (χ1v) is 4.63. The Kier molecular flexibility index (Phi) is 2.93. The molecule has 1 aliphatic rings. The zero-order valence-electron chi connectivity index (χ0n) is 8.16. The van der Waals surface area contributed by atoms with Gasteiger partial charge in [0.15, 0.2) is 0 Å². The fourth-order valence-corrected chi connectivity index (χ4v) is 1.87. The highest BCUT2D eigenvalue weighted by Crippen LogP contribution is 2.28. The molecule has 2 atom stereocenters. The first-order valence-electron chi connectivity index (χ1n) is 4.63. The lowest BCUT2D eigenvalue weighted by molar-refractivity contribution is -0.149. The monoisotopic (exact) mass is 187 g/mol. The van der Waals surface area contributed by atoms with Gasteiger partial charge in [-0.1, -0.05) is 0 Å². The summed E-state index contributed by atoms with van der Waals surface area (Å²) in [5, 5.41) is 18.2. The molecule has 0 aromatic rings. The molecule has 0 aliphatic carbocycles. The largest absolute Gasteiger partial charge is 0.480 e. The minimum atomic E-state index is -0.786. The average Bonchev–Trinajstić information content (AvgIpc) is 2.33. The van der Waals surface area contributed by atoms with Crippen molar-refractivity contribution in [1.29, 1.82) is 0 Å². The molecule has 1 fully saturated rings. The summed E-state index contributed by atoms with van der Waals surface area (Å²) < 4.78 is 0. The Balaban J connectivity index is 2.68. The molecule has 0 aromatic carbocycles. The van der Waals surface area contributed by atoms with Gasteiger partial charge in [-0.3, -0.25) is 9.69 Å². The molecule has 1 saturated heterocycles. The molecule has 0 aromatic heterocycles. The van der Waals surface area contributed by atoms with Crippen LogP contribution in [-0.2, 0) is 4.79 Å². The number of nitrogens with zero attached hydrogens (tertiary/aromatic N) is 1. The molecule has 2 unspecified atom stereocenters. The van der Waals surface area contributed by atoms with Crippen LogP contribution >= 0.6 is 0 Å². The van der Waals surface area contributed by atoms with Crippen molar-refractivity contribution in [2.75, 3.05) is 13.1 Å². The third kappa shape index (κ3) is 2.00. The van der Waals surface area contributed by atoms with Gasteiger partial charge in [-0.05, 0) is 33.2 Å². The second-order valence-electron chi connectivity index (χ2n) is 3.98. The number of carboxylic acids is 1. The molecule has 0 radical (unpaired) electrons. The van der Waals surface area contributed by atoms with E-state index in [2.05, 4.69) is 0 Å². The van der Waals surface area contributed by atoms with Crippen LogP contribution in [0.15, 0.2) is 0 Å². The van der Waals surface area contributed by atoms with Gasteiger partial charge >= 0.3 is 5.97 Å². The quantitative estimate of drug-likeness (QED) is 0.667. The first kappa shape index (κ1) is 10.5. The number of carbonyl (C=O) groups is 1. The average molecular weight is 187 g/mol. The van der Waals surface area contributed by atoms with Crippen molar-refractivity contribution in [3.63, 3.8) is 0 Å². The molecule has 0 bridgehead atoms. The highest BCUT2D eigenvalue weighted by atomic mass is 16.4. The second kappa shape index (κ2) is 3.64. The number of hydrogen-bond acceptors (Lipinski definition) is 3. The van der Waals surface area contributed by atoms with Crippen LogP contribution < -0.4 is 0 Å². The fraction of sp³-hybridized carbons (Fsp3) is 0.889. The Morgan fingerprint density at radius 2 is 2.31 bits per heavy atom. The van der Waals surface area contributed by atoms with Gasteiger partial charge < -0.3 is 10.2 Å². The van der Waals surface area contributed by atoms with Crippen molar-refractivity contribution in [3.05, 3.63) is 0 Å². The lowest BCUT2D eigenvalue weighted by Crippen LogP contribution is -2.50. The third-order valence-corrected chi connectivity index (χ3v) is 2.73. The molecular formula is C9H17NO3. The summed E-state index contributed by atoms with van der Waals surface area (Å²) in [5.74, 6) is -0.786. The van der Waals surface area contributed by atoms with E-state index >= 15 is 0 Å². The lowest BCUT2D eigenvalue weighted by Gasteiger charge is -2.31. The van der Waals surface area contributed by atoms with Crippen LogP contribution in [0.4, 0.5) is 0 Å². The number of carboxylic acid groups (broad SMARTS) is 1. The van der Waals surface area contributed by atoms with Gasteiger partial charge in [-0.2, -0.15) is 0 Å². The summed E-state index contributed by atoms with van der Waals surface area (Å²) in [6.45, 7) is 4.63. The maximum Gasteiger partial charge on any atom is 0.323 e. The van der Waals surface area contributed by atoms with Crippen LogP contribution in [-0.4, -0.2) is 45.8 Å². The van der Waals surface area contributed by atoms with E-state index in [9.17, 15) is 9.90 Å². The van der Waals surface area contributed by atoms with E-state index in [4.69, 9.17) is 5.11 Å². The molecule has 0 spiro atoms. The molecule has 13 heavy (non-hydrogen) atoms. The SMILES string of the molecule is CC(O)CN1CCCC1(C)C(=O)O. The van der Waals surface area contributed by atoms with Crippen LogP contribution in [0.5, 0.6) is 0 Å². The topological polar surface area (TPSA) is 60.8 Å². The van der Waals surface area contributed by atoms with Gasteiger partial charge in [-0.25, -0.2) is 0 Å². The van der Waals surface area contributed by atoms with Crippen molar-refractivity contribution in [3.8, 4) is 0 Å². The molecule has 0 saturated carbocycles. The lowest BCUT2D eigenvalue weighted by atomic mass is 9.99. The number of aliphatic carboxylic acids is 1. The first-order chi connectivity index (χ1) is 5.97. The maximum absolute atomic E-state index is 11.0. The highest BCUT2D eigenvalue weighted by molar-refractivity contribution is 5.78. The van der Waals surface area contributed by atoms with Crippen molar-refractivity contribution in [2.24, 2.45) is 0 Å². The number of hydrogen-bond donors (Lipinski definition) is 2. The van der Waals surface area contributed by atoms with E-state index in [-0.39, 0.29) is 0 Å². The Bertz CT molecular complexity index is 205. The van der Waals surface area contributed by atoms with E-state index in [1.54, 1.807) is 13.8 Å². The number of aliphatic hydroxyl groups is 1. The van der Waals surface area contributed by atoms with E-state index < -0.39 is 17.6 Å². The Labute approximate surface area is 78.2 Å². The summed E-state index contributed by atoms with van der Waals surface area (Å²) in [6.07, 6.45) is 1.11. The van der Waals surface area contributed by atoms with Crippen molar-refractivity contribution >= 4 is 5.97 Å². The van der Waals surface area contributed by atoms with Crippen LogP contribution in [0.3, 0.4) is 0 Å². The normalized spacial score (nSPS) is 31.9. The summed E-state index contributed by atoms with van der Waals surface area (Å²) in [4.78, 5) is 12.8. The number of β-amino-alcohol motifs (C(OH)–C–C–N with tert-alkyl or cyclic N) is 1. The minimum Gasteiger partial charge on any atom is -0.480 e. The molecule has 1 rings (SSSR count). The van der Waals surface area contributed by atoms with Crippen LogP contribution in [0, 0.1) is 0 Å². The predicted octanol–water partition coefficient (Wildman–Crippen LogP) is 0.306. The highest BCUT2D eigenvalue weighted by Gasteiger charge is 2.43. The number of aliphatic hydroxyl groups excluding tert-OH is 1. The smallest absolute Gasteiger partial charge is 0.323 e. The van der Waals surface area contributed by atoms with Crippen molar-refractivity contribution < 1.29 is 15.0 Å². The molecular weight excluding hydrogens is 170 g/mol. The zero-order chi connectivity index (χ0) is 10.1. The third-order valence-electron chi connectivity index (χ3n) is 2.73. The van der Waals surface area contributed by atoms with Crippen LogP contribution in [0.25, 0.3) is 0 Å². The Morgan fingerprint density at radius 3 is 2.77 bits per heavy atom. The van der Waals surface area contributed by atoms with E-state index in [1.807, 2.05) is 4.90 Å². The van der Waals surface area contributed by atoms with Gasteiger partial charge in [-0.15, -0.1) is 0 Å². The summed E-state index contributed by atoms with van der Waals surface area (Å²) in [7, 11) is 0. The molecule has 0 amide bonds. The minimum absolute atomic E-state index is 0.447. The van der Waals surface area contributed by atoms with E-state index in [1.165, 1.54) is 0 Å². The van der Waals surface area contributed by atoms with Gasteiger partial charge in [0.2, 0.25) is 0 Å². The molecule has 4 heteroatoms. The zero-order valence-corrected chi connectivity index (χ0v) is 8.16. The van der Waals surface area contributed by atoms with Crippen LogP contribution in [0.1, 0.15) is 26.7 Å². The van der Waals surface area contributed by atoms with Gasteiger partial charge in [0.1, 0.15) is 5.54 Å². The summed E-state index contributed by atoms with van der Waals surface area (Å²) in [6, 6.07) is 0. The van der Waals surface area contributed by atoms with Crippen LogP contribution in [0.2, 0.25) is 0 Å². The number of rotatable bonds is 3. The molecule has 1 aliphatic heterocycles. The number of likely N-dealkylation sites (tertiary alicyclic amines) is 1. The Hall–Kier alpha value is -0.610. The summed E-state index contributed by atoms with van der Waals surface area (Å²) >= 11 is 0. The van der Waals surface area contributed by atoms with Crippen molar-refractivity contribution in [1.82, 2.24) is 4.90 Å². The van der Waals surface area contributed by atoms with E-state index in [0.29, 0.717) is 13.0 Å². The molecule has 2 N–H and O–H groups in total. The molecule has 76 valence electrons. The maximum atomic E-state index is 11.0. The Morgan fingerprint density at radius 1 is 1.69 bits per heavy atom. The predicted molar refractivity (Wildman–Crippen MR) is 48.5 cm³/mol. The fourth-order valence-electron chi connectivity index (χ4n) is 1.87. The van der Waals surface area contributed by atoms with Gasteiger partial charge in [0.05, 0.1) is 6.10 Å². The van der Waals surface area contributed by atoms with Crippen molar-refractivity contribution in [2.45, 2.75) is 38.3 Å². The second-order valence-corrected chi connectivity index (χ2v) is 3.98. The van der Waals surface area contributed by atoms with Gasteiger partial charge in [0.25, 0.3) is 0 Å². The standard InChI is InChI=1S/C9H17NO3/c1-7(11)6-10-5-3-4-9(10,2)8(12)13/h7,11H,3-6H2,1-2H3,(H,12,13).